The molecule has 0 aliphatic carbocycles. The van der Waals surface area contributed by atoms with Crippen LogP contribution in [0.2, 0.25) is 0 Å². The van der Waals surface area contributed by atoms with Gasteiger partial charge < -0.3 is 9.64 Å². The van der Waals surface area contributed by atoms with Gasteiger partial charge in [0.1, 0.15) is 5.65 Å². The molecule has 5 rings (SSSR count). The van der Waals surface area contributed by atoms with Crippen molar-refractivity contribution in [2.75, 3.05) is 19.7 Å². The van der Waals surface area contributed by atoms with Crippen LogP contribution in [0.25, 0.3) is 17.0 Å². The number of ether oxygens (including phenoxy) is 1. The normalized spacial score (nSPS) is 21.1. The number of fused-ring (bicyclic) bond motifs is 1. The molecule has 0 N–H and O–H groups in total. The van der Waals surface area contributed by atoms with Gasteiger partial charge in [-0.25, -0.2) is 4.98 Å². The summed E-state index contributed by atoms with van der Waals surface area (Å²) in [5, 5.41) is 0. The van der Waals surface area contributed by atoms with Gasteiger partial charge in [0, 0.05) is 31.9 Å². The third-order valence-electron chi connectivity index (χ3n) is 6.39. The summed E-state index contributed by atoms with van der Waals surface area (Å²) >= 11 is 0. The highest BCUT2D eigenvalue weighted by Crippen LogP contribution is 2.39. The second-order valence-electron chi connectivity index (χ2n) is 8.36. The van der Waals surface area contributed by atoms with Gasteiger partial charge in [-0.3, -0.25) is 14.2 Å². The van der Waals surface area contributed by atoms with E-state index in [2.05, 4.69) is 21.5 Å². The first-order chi connectivity index (χ1) is 14.1. The first-order valence-electron chi connectivity index (χ1n) is 10.4. The Kier molecular flexibility index (Phi) is 4.59. The number of carbonyl (C=O) groups excluding carboxylic acids is 1. The lowest BCUT2D eigenvalue weighted by molar-refractivity contribution is -0.133. The van der Waals surface area contributed by atoms with Gasteiger partial charge in [0.25, 0.3) is 0 Å². The first-order valence-corrected chi connectivity index (χ1v) is 10.4. The van der Waals surface area contributed by atoms with Gasteiger partial charge in [-0.15, -0.1) is 0 Å². The molecule has 2 fully saturated rings. The molecule has 1 unspecified atom stereocenters. The lowest BCUT2D eigenvalue weighted by Crippen LogP contribution is -2.45. The van der Waals surface area contributed by atoms with E-state index in [0.29, 0.717) is 5.92 Å². The molecule has 1 amide bonds. The predicted octanol–water partition coefficient (Wildman–Crippen LogP) is 3.36. The molecule has 3 aromatic rings. The molecule has 3 aromatic heterocycles. The van der Waals surface area contributed by atoms with Gasteiger partial charge in [-0.1, -0.05) is 12.1 Å². The second-order valence-corrected chi connectivity index (χ2v) is 8.36. The van der Waals surface area contributed by atoms with Crippen molar-refractivity contribution in [2.45, 2.75) is 38.2 Å². The van der Waals surface area contributed by atoms with E-state index in [1.165, 1.54) is 0 Å². The topological polar surface area (TPSA) is 59.7 Å². The lowest BCUT2D eigenvalue weighted by atomic mass is 9.84. The summed E-state index contributed by atoms with van der Waals surface area (Å²) in [4.78, 5) is 22.9. The number of hydrogen-bond donors (Lipinski definition) is 0. The SMILES string of the molecule is CC(=O)N1CCC2(CC1)CC(Cc1cccc(-c3cnc4ccccn34)n1)CO2. The summed E-state index contributed by atoms with van der Waals surface area (Å²) in [6, 6.07) is 12.2. The van der Waals surface area contributed by atoms with E-state index in [9.17, 15) is 4.79 Å². The zero-order valence-corrected chi connectivity index (χ0v) is 16.8. The van der Waals surface area contributed by atoms with E-state index in [0.717, 1.165) is 68.1 Å². The molecule has 0 aromatic carbocycles. The molecule has 6 nitrogen and oxygen atoms in total. The summed E-state index contributed by atoms with van der Waals surface area (Å²) in [7, 11) is 0. The number of piperidine rings is 1. The maximum absolute atomic E-state index is 11.6. The van der Waals surface area contributed by atoms with Crippen LogP contribution >= 0.6 is 0 Å². The Hall–Kier alpha value is -2.73. The van der Waals surface area contributed by atoms with Crippen LogP contribution in [0.15, 0.2) is 48.8 Å². The molecule has 1 spiro atoms. The van der Waals surface area contributed by atoms with E-state index in [1.54, 1.807) is 6.92 Å². The fourth-order valence-corrected chi connectivity index (χ4v) is 4.80. The number of imidazole rings is 1. The zero-order valence-electron chi connectivity index (χ0n) is 16.8. The maximum Gasteiger partial charge on any atom is 0.219 e. The summed E-state index contributed by atoms with van der Waals surface area (Å²) in [6.07, 6.45) is 7.77. The number of pyridine rings is 2. The maximum atomic E-state index is 11.6. The van der Waals surface area contributed by atoms with Crippen molar-refractivity contribution in [3.8, 4) is 11.4 Å². The monoisotopic (exact) mass is 390 g/mol. The summed E-state index contributed by atoms with van der Waals surface area (Å²) in [5.41, 5.74) is 3.94. The highest BCUT2D eigenvalue weighted by Gasteiger charge is 2.43. The lowest BCUT2D eigenvalue weighted by Gasteiger charge is -2.38. The second kappa shape index (κ2) is 7.26. The van der Waals surface area contributed by atoms with Gasteiger partial charge in [0.2, 0.25) is 5.91 Å². The molecule has 0 radical (unpaired) electrons. The number of rotatable bonds is 3. The fourth-order valence-electron chi connectivity index (χ4n) is 4.80. The van der Waals surface area contributed by atoms with Crippen LogP contribution in [0.5, 0.6) is 0 Å². The predicted molar refractivity (Wildman–Crippen MR) is 110 cm³/mol. The summed E-state index contributed by atoms with van der Waals surface area (Å²) < 4.78 is 8.35. The largest absolute Gasteiger partial charge is 0.375 e. The highest BCUT2D eigenvalue weighted by molar-refractivity contribution is 5.73. The van der Waals surface area contributed by atoms with Gasteiger partial charge >= 0.3 is 0 Å². The minimum absolute atomic E-state index is 0.0458. The molecule has 2 aliphatic heterocycles. The van der Waals surface area contributed by atoms with E-state index < -0.39 is 0 Å². The summed E-state index contributed by atoms with van der Waals surface area (Å²) in [5.74, 6) is 0.645. The fraction of sp³-hybridized carbons (Fsp3) is 0.435. The van der Waals surface area contributed by atoms with Gasteiger partial charge in [-0.05, 0) is 55.9 Å². The molecule has 2 aliphatic rings. The van der Waals surface area contributed by atoms with Crippen LogP contribution in [0.1, 0.15) is 31.9 Å². The third-order valence-corrected chi connectivity index (χ3v) is 6.39. The highest BCUT2D eigenvalue weighted by atomic mass is 16.5. The smallest absolute Gasteiger partial charge is 0.219 e. The Morgan fingerprint density at radius 2 is 2.07 bits per heavy atom. The first kappa shape index (κ1) is 18.3. The van der Waals surface area contributed by atoms with Crippen LogP contribution in [-0.2, 0) is 16.0 Å². The van der Waals surface area contributed by atoms with Gasteiger partial charge in [0.15, 0.2) is 0 Å². The number of hydrogen-bond acceptors (Lipinski definition) is 4. The minimum Gasteiger partial charge on any atom is -0.375 e. The van der Waals surface area contributed by atoms with Gasteiger partial charge in [0.05, 0.1) is 29.8 Å². The molecule has 0 bridgehead atoms. The van der Waals surface area contributed by atoms with Crippen molar-refractivity contribution in [1.82, 2.24) is 19.3 Å². The Bertz CT molecular complexity index is 1040. The molecular weight excluding hydrogens is 364 g/mol. The van der Waals surface area contributed by atoms with Crippen LogP contribution in [-0.4, -0.2) is 50.5 Å². The standard InChI is InChI=1S/C23H26N4O2/c1-17(28)26-11-8-23(9-12-26)14-18(16-29-23)13-19-5-4-6-20(25-19)21-15-24-22-7-2-3-10-27(21)22/h2-7,10,15,18H,8-9,11-14,16H2,1H3. The van der Waals surface area contributed by atoms with Crippen LogP contribution in [0.3, 0.4) is 0 Å². The molecule has 5 heterocycles. The Labute approximate surface area is 170 Å². The average molecular weight is 390 g/mol. The molecule has 150 valence electrons. The van der Waals surface area contributed by atoms with E-state index in [-0.39, 0.29) is 11.5 Å². The van der Waals surface area contributed by atoms with E-state index in [4.69, 9.17) is 9.72 Å². The quantitative estimate of drug-likeness (QED) is 0.688. The van der Waals surface area contributed by atoms with Crippen LogP contribution in [0, 0.1) is 5.92 Å². The van der Waals surface area contributed by atoms with Gasteiger partial charge in [-0.2, -0.15) is 0 Å². The Balaban J connectivity index is 1.29. The molecule has 6 heteroatoms. The molecular formula is C23H26N4O2. The van der Waals surface area contributed by atoms with Crippen molar-refractivity contribution >= 4 is 11.6 Å². The van der Waals surface area contributed by atoms with Crippen molar-refractivity contribution < 1.29 is 9.53 Å². The minimum atomic E-state index is -0.0458. The van der Waals surface area contributed by atoms with Crippen molar-refractivity contribution in [3.63, 3.8) is 0 Å². The Morgan fingerprint density at radius 1 is 1.21 bits per heavy atom. The summed E-state index contributed by atoms with van der Waals surface area (Å²) in [6.45, 7) is 4.05. The number of nitrogens with zero attached hydrogens (tertiary/aromatic N) is 4. The third kappa shape index (κ3) is 3.53. The van der Waals surface area contributed by atoms with Crippen molar-refractivity contribution in [2.24, 2.45) is 5.92 Å². The number of likely N-dealkylation sites (tertiary alicyclic amines) is 1. The molecule has 1 atom stereocenters. The van der Waals surface area contributed by atoms with Crippen LogP contribution < -0.4 is 0 Å². The zero-order chi connectivity index (χ0) is 19.8. The number of carbonyl (C=O) groups is 1. The molecule has 29 heavy (non-hydrogen) atoms. The Morgan fingerprint density at radius 3 is 2.90 bits per heavy atom. The van der Waals surface area contributed by atoms with Crippen molar-refractivity contribution in [3.05, 3.63) is 54.5 Å². The van der Waals surface area contributed by atoms with Crippen LogP contribution in [0.4, 0.5) is 0 Å². The number of aromatic nitrogens is 3. The average Bonchev–Trinajstić information content (AvgIpc) is 3.33. The van der Waals surface area contributed by atoms with Crippen molar-refractivity contribution in [1.29, 1.82) is 0 Å². The number of amides is 1. The molecule has 0 saturated carbocycles. The molecule has 2 saturated heterocycles. The van der Waals surface area contributed by atoms with E-state index in [1.807, 2.05) is 41.6 Å². The van der Waals surface area contributed by atoms with E-state index >= 15 is 0 Å².